The molecule has 0 radical (unpaired) electrons. The molecule has 0 spiro atoms. The summed E-state index contributed by atoms with van der Waals surface area (Å²) in [5, 5.41) is 10.8. The molecule has 5 heteroatoms. The van der Waals surface area contributed by atoms with Crippen molar-refractivity contribution in [2.45, 2.75) is 19.8 Å². The average Bonchev–Trinajstić information content (AvgIpc) is 2.76. The monoisotopic (exact) mass is 244 g/mol. The molecule has 1 aromatic carbocycles. The van der Waals surface area contributed by atoms with Gasteiger partial charge in [0.2, 0.25) is 5.91 Å². The van der Waals surface area contributed by atoms with Crippen LogP contribution in [-0.4, -0.2) is 20.7 Å². The highest BCUT2D eigenvalue weighted by molar-refractivity contribution is 5.94. The van der Waals surface area contributed by atoms with Crippen LogP contribution < -0.4 is 5.32 Å². The highest BCUT2D eigenvalue weighted by Crippen LogP contribution is 2.25. The normalized spacial score (nSPS) is 10.3. The lowest BCUT2D eigenvalue weighted by atomic mass is 10.1. The van der Waals surface area contributed by atoms with E-state index in [2.05, 4.69) is 15.5 Å². The van der Waals surface area contributed by atoms with Gasteiger partial charge in [-0.2, -0.15) is 0 Å². The Morgan fingerprint density at radius 1 is 1.39 bits per heavy atom. The van der Waals surface area contributed by atoms with Gasteiger partial charge in [-0.25, -0.2) is 0 Å². The van der Waals surface area contributed by atoms with E-state index in [1.807, 2.05) is 42.8 Å². The van der Waals surface area contributed by atoms with Gasteiger partial charge in [-0.05, 0) is 18.6 Å². The first-order valence-corrected chi connectivity index (χ1v) is 5.95. The van der Waals surface area contributed by atoms with Gasteiger partial charge in [-0.1, -0.05) is 19.1 Å². The Morgan fingerprint density at radius 2 is 2.17 bits per heavy atom. The van der Waals surface area contributed by atoms with Gasteiger partial charge in [0.05, 0.1) is 5.69 Å². The second kappa shape index (κ2) is 5.44. The molecular weight excluding hydrogens is 228 g/mol. The summed E-state index contributed by atoms with van der Waals surface area (Å²) in [7, 11) is 1.87. The minimum absolute atomic E-state index is 0.0205. The molecule has 0 saturated heterocycles. The molecule has 0 unspecified atom stereocenters. The predicted molar refractivity (Wildman–Crippen MR) is 70.0 cm³/mol. The average molecular weight is 244 g/mol. The summed E-state index contributed by atoms with van der Waals surface area (Å²) in [5.74, 6) is 0.759. The number of carbonyl (C=O) groups is 1. The van der Waals surface area contributed by atoms with Crippen LogP contribution >= 0.6 is 0 Å². The number of hydrogen-bond donors (Lipinski definition) is 1. The van der Waals surface area contributed by atoms with E-state index in [9.17, 15) is 4.79 Å². The summed E-state index contributed by atoms with van der Waals surface area (Å²) < 4.78 is 1.82. The van der Waals surface area contributed by atoms with Gasteiger partial charge >= 0.3 is 0 Å². The third-order valence-corrected chi connectivity index (χ3v) is 2.63. The van der Waals surface area contributed by atoms with Crippen LogP contribution in [0.2, 0.25) is 0 Å². The number of aryl methyl sites for hydroxylation is 1. The molecule has 2 rings (SSSR count). The van der Waals surface area contributed by atoms with E-state index < -0.39 is 0 Å². The Balaban J connectivity index is 2.32. The van der Waals surface area contributed by atoms with Crippen LogP contribution in [0.15, 0.2) is 30.6 Å². The zero-order chi connectivity index (χ0) is 13.0. The second-order valence-electron chi connectivity index (χ2n) is 4.11. The Labute approximate surface area is 106 Å². The third kappa shape index (κ3) is 2.56. The first-order valence-electron chi connectivity index (χ1n) is 5.95. The van der Waals surface area contributed by atoms with Gasteiger partial charge in [0.1, 0.15) is 6.33 Å². The van der Waals surface area contributed by atoms with E-state index in [0.29, 0.717) is 6.42 Å². The summed E-state index contributed by atoms with van der Waals surface area (Å²) >= 11 is 0. The van der Waals surface area contributed by atoms with Crippen LogP contribution in [-0.2, 0) is 11.8 Å². The van der Waals surface area contributed by atoms with Crippen molar-refractivity contribution in [3.63, 3.8) is 0 Å². The zero-order valence-corrected chi connectivity index (χ0v) is 10.6. The Morgan fingerprint density at radius 3 is 2.83 bits per heavy atom. The van der Waals surface area contributed by atoms with Crippen LogP contribution in [0.5, 0.6) is 0 Å². The first-order chi connectivity index (χ1) is 8.72. The number of amides is 1. The van der Waals surface area contributed by atoms with Gasteiger partial charge in [0.15, 0.2) is 5.82 Å². The maximum atomic E-state index is 11.7. The summed E-state index contributed by atoms with van der Waals surface area (Å²) in [6, 6.07) is 7.60. The fraction of sp³-hybridized carbons (Fsp3) is 0.308. The summed E-state index contributed by atoms with van der Waals surface area (Å²) in [6.07, 6.45) is 2.99. The molecule has 94 valence electrons. The van der Waals surface area contributed by atoms with Crippen molar-refractivity contribution in [1.82, 2.24) is 14.8 Å². The minimum Gasteiger partial charge on any atom is -0.325 e. The fourth-order valence-corrected chi connectivity index (χ4v) is 1.75. The molecule has 1 aromatic heterocycles. The predicted octanol–water partition coefficient (Wildman–Crippen LogP) is 2.22. The molecule has 18 heavy (non-hydrogen) atoms. The Kier molecular flexibility index (Phi) is 3.72. The van der Waals surface area contributed by atoms with Gasteiger partial charge in [-0.3, -0.25) is 4.79 Å². The topological polar surface area (TPSA) is 59.8 Å². The number of para-hydroxylation sites is 1. The standard InChI is InChI=1S/C13H16N4O/c1-3-6-12(18)15-11-8-5-4-7-10(11)13-16-14-9-17(13)2/h4-5,7-9H,3,6H2,1-2H3,(H,15,18). The number of aromatic nitrogens is 3. The third-order valence-electron chi connectivity index (χ3n) is 2.63. The molecule has 1 heterocycles. The number of nitrogens with one attached hydrogen (secondary N) is 1. The molecule has 0 atom stereocenters. The number of anilines is 1. The molecule has 2 aromatic rings. The lowest BCUT2D eigenvalue weighted by Crippen LogP contribution is -2.11. The second-order valence-corrected chi connectivity index (χ2v) is 4.11. The van der Waals surface area contributed by atoms with Crippen LogP contribution in [0.4, 0.5) is 5.69 Å². The maximum absolute atomic E-state index is 11.7. The Hall–Kier alpha value is -2.17. The molecule has 0 fully saturated rings. The quantitative estimate of drug-likeness (QED) is 0.897. The van der Waals surface area contributed by atoms with E-state index in [-0.39, 0.29) is 5.91 Å². The lowest BCUT2D eigenvalue weighted by molar-refractivity contribution is -0.116. The van der Waals surface area contributed by atoms with Gasteiger partial charge in [0, 0.05) is 19.0 Å². The van der Waals surface area contributed by atoms with Crippen LogP contribution in [0.3, 0.4) is 0 Å². The first kappa shape index (κ1) is 12.3. The Bertz CT molecular complexity index is 547. The molecule has 1 N–H and O–H groups in total. The molecule has 5 nitrogen and oxygen atoms in total. The lowest BCUT2D eigenvalue weighted by Gasteiger charge is -2.09. The van der Waals surface area contributed by atoms with Crippen molar-refractivity contribution in [3.05, 3.63) is 30.6 Å². The smallest absolute Gasteiger partial charge is 0.224 e. The van der Waals surface area contributed by atoms with Crippen LogP contribution in [0.25, 0.3) is 11.4 Å². The van der Waals surface area contributed by atoms with Crippen molar-refractivity contribution in [1.29, 1.82) is 0 Å². The number of rotatable bonds is 4. The molecule has 0 aliphatic rings. The molecule has 0 bridgehead atoms. The van der Waals surface area contributed by atoms with E-state index in [4.69, 9.17) is 0 Å². The van der Waals surface area contributed by atoms with Crippen molar-refractivity contribution in [2.75, 3.05) is 5.32 Å². The van der Waals surface area contributed by atoms with Crippen molar-refractivity contribution in [2.24, 2.45) is 7.05 Å². The maximum Gasteiger partial charge on any atom is 0.224 e. The van der Waals surface area contributed by atoms with E-state index in [1.165, 1.54) is 0 Å². The highest BCUT2D eigenvalue weighted by atomic mass is 16.1. The molecule has 0 saturated carbocycles. The molecular formula is C13H16N4O. The van der Waals surface area contributed by atoms with Gasteiger partial charge in [0.25, 0.3) is 0 Å². The number of carbonyl (C=O) groups excluding carboxylic acids is 1. The highest BCUT2D eigenvalue weighted by Gasteiger charge is 2.11. The molecule has 0 aliphatic heterocycles. The number of benzene rings is 1. The summed E-state index contributed by atoms with van der Waals surface area (Å²) in [6.45, 7) is 1.98. The SMILES string of the molecule is CCCC(=O)Nc1ccccc1-c1nncn1C. The van der Waals surface area contributed by atoms with Crippen molar-refractivity contribution >= 4 is 11.6 Å². The van der Waals surface area contributed by atoms with E-state index >= 15 is 0 Å². The van der Waals surface area contributed by atoms with Crippen LogP contribution in [0.1, 0.15) is 19.8 Å². The zero-order valence-electron chi connectivity index (χ0n) is 10.6. The molecule has 1 amide bonds. The van der Waals surface area contributed by atoms with E-state index in [1.54, 1.807) is 6.33 Å². The van der Waals surface area contributed by atoms with Crippen molar-refractivity contribution in [3.8, 4) is 11.4 Å². The van der Waals surface area contributed by atoms with Gasteiger partial charge in [-0.15, -0.1) is 10.2 Å². The van der Waals surface area contributed by atoms with E-state index in [0.717, 1.165) is 23.5 Å². The summed E-state index contributed by atoms with van der Waals surface area (Å²) in [5.41, 5.74) is 1.65. The summed E-state index contributed by atoms with van der Waals surface area (Å²) in [4.78, 5) is 11.7. The van der Waals surface area contributed by atoms with Crippen LogP contribution in [0, 0.1) is 0 Å². The fourth-order valence-electron chi connectivity index (χ4n) is 1.75. The number of hydrogen-bond acceptors (Lipinski definition) is 3. The minimum atomic E-state index is 0.0205. The largest absolute Gasteiger partial charge is 0.325 e. The van der Waals surface area contributed by atoms with Crippen molar-refractivity contribution < 1.29 is 4.79 Å². The number of nitrogens with zero attached hydrogens (tertiary/aromatic N) is 3. The molecule has 0 aliphatic carbocycles. The van der Waals surface area contributed by atoms with Gasteiger partial charge < -0.3 is 9.88 Å².